The van der Waals surface area contributed by atoms with E-state index in [1.165, 1.54) is 0 Å². The van der Waals surface area contributed by atoms with Crippen molar-refractivity contribution in [2.45, 2.75) is 51.2 Å². The highest BCUT2D eigenvalue weighted by molar-refractivity contribution is 7.99. The van der Waals surface area contributed by atoms with E-state index < -0.39 is 11.4 Å². The van der Waals surface area contributed by atoms with Gasteiger partial charge in [0.2, 0.25) is 0 Å². The molecule has 1 fully saturated rings. The molecule has 1 aliphatic heterocycles. The van der Waals surface area contributed by atoms with Gasteiger partial charge in [-0.25, -0.2) is 4.79 Å². The second-order valence-corrected chi connectivity index (χ2v) is 7.20. The Balaban J connectivity index is 2.54. The van der Waals surface area contributed by atoms with Gasteiger partial charge in [-0.2, -0.15) is 11.8 Å². The third-order valence-electron chi connectivity index (χ3n) is 4.28. The number of nitrogens with one attached hydrogen (secondary N) is 1. The van der Waals surface area contributed by atoms with Gasteiger partial charge >= 0.3 is 12.0 Å². The van der Waals surface area contributed by atoms with Gasteiger partial charge in [0.1, 0.15) is 0 Å². The lowest BCUT2D eigenvalue weighted by Gasteiger charge is -2.39. The van der Waals surface area contributed by atoms with E-state index >= 15 is 0 Å². The van der Waals surface area contributed by atoms with Crippen LogP contribution in [-0.4, -0.2) is 53.1 Å². The Bertz CT molecular complexity index is 361. The maximum atomic E-state index is 12.2. The molecule has 122 valence electrons. The lowest BCUT2D eigenvalue weighted by atomic mass is 9.76. The summed E-state index contributed by atoms with van der Waals surface area (Å²) in [6.45, 7) is 5.76. The minimum absolute atomic E-state index is 0.121. The Kier molecular flexibility index (Phi) is 7.35. The summed E-state index contributed by atoms with van der Waals surface area (Å²) in [7, 11) is 0. The van der Waals surface area contributed by atoms with Gasteiger partial charge in [-0.15, -0.1) is 0 Å². The molecule has 6 heteroatoms. The first kappa shape index (κ1) is 18.1. The standard InChI is InChI=1S/C15H28N2O3S/c1-4-7-15(13(18)19)8-5-10-17(11-15)14(20)16-9-6-12(2)21-3/h12H,4-11H2,1-3H3,(H,16,20)(H,18,19). The fourth-order valence-electron chi connectivity index (χ4n) is 2.88. The number of carboxylic acids is 1. The number of carbonyl (C=O) groups excluding carboxylic acids is 1. The number of likely N-dealkylation sites (tertiary alicyclic amines) is 1. The summed E-state index contributed by atoms with van der Waals surface area (Å²) in [6.07, 6.45) is 5.88. The van der Waals surface area contributed by atoms with Crippen molar-refractivity contribution in [2.24, 2.45) is 5.41 Å². The van der Waals surface area contributed by atoms with Crippen molar-refractivity contribution in [3.63, 3.8) is 0 Å². The van der Waals surface area contributed by atoms with E-state index in [4.69, 9.17) is 0 Å². The summed E-state index contributed by atoms with van der Waals surface area (Å²) in [6, 6.07) is -0.121. The van der Waals surface area contributed by atoms with Crippen LogP contribution in [0.4, 0.5) is 4.79 Å². The molecule has 0 aromatic rings. The molecule has 2 atom stereocenters. The fourth-order valence-corrected chi connectivity index (χ4v) is 3.23. The van der Waals surface area contributed by atoms with E-state index in [1.54, 1.807) is 16.7 Å². The first-order valence-corrected chi connectivity index (χ1v) is 9.03. The van der Waals surface area contributed by atoms with Gasteiger partial charge < -0.3 is 15.3 Å². The van der Waals surface area contributed by atoms with Gasteiger partial charge in [0.05, 0.1) is 5.41 Å². The van der Waals surface area contributed by atoms with Crippen LogP contribution in [0.15, 0.2) is 0 Å². The number of hydrogen-bond donors (Lipinski definition) is 2. The lowest BCUT2D eigenvalue weighted by Crippen LogP contribution is -2.52. The highest BCUT2D eigenvalue weighted by atomic mass is 32.2. The molecule has 0 aromatic carbocycles. The quantitative estimate of drug-likeness (QED) is 0.758. The van der Waals surface area contributed by atoms with Crippen LogP contribution >= 0.6 is 11.8 Å². The van der Waals surface area contributed by atoms with Crippen molar-refractivity contribution in [3.8, 4) is 0 Å². The van der Waals surface area contributed by atoms with Crippen LogP contribution in [0, 0.1) is 5.41 Å². The van der Waals surface area contributed by atoms with Crippen LogP contribution in [0.2, 0.25) is 0 Å². The molecule has 0 radical (unpaired) electrons. The zero-order valence-electron chi connectivity index (χ0n) is 13.4. The molecule has 21 heavy (non-hydrogen) atoms. The van der Waals surface area contributed by atoms with Crippen LogP contribution in [-0.2, 0) is 4.79 Å². The first-order valence-electron chi connectivity index (χ1n) is 7.74. The molecule has 2 N–H and O–H groups in total. The van der Waals surface area contributed by atoms with E-state index in [-0.39, 0.29) is 6.03 Å². The molecule has 0 aliphatic carbocycles. The van der Waals surface area contributed by atoms with Gasteiger partial charge in [-0.1, -0.05) is 20.3 Å². The molecule has 0 aromatic heterocycles. The number of aliphatic carboxylic acids is 1. The highest BCUT2D eigenvalue weighted by Crippen LogP contribution is 2.35. The average molecular weight is 316 g/mol. The van der Waals surface area contributed by atoms with Crippen LogP contribution in [0.5, 0.6) is 0 Å². The Morgan fingerprint density at radius 3 is 2.76 bits per heavy atom. The number of nitrogens with zero attached hydrogens (tertiary/aromatic N) is 1. The van der Waals surface area contributed by atoms with E-state index in [0.717, 1.165) is 19.3 Å². The molecule has 1 aliphatic rings. The molecule has 2 unspecified atom stereocenters. The summed E-state index contributed by atoms with van der Waals surface area (Å²) in [5, 5.41) is 13.0. The summed E-state index contributed by atoms with van der Waals surface area (Å²) in [5.74, 6) is -0.766. The second-order valence-electron chi connectivity index (χ2n) is 5.93. The largest absolute Gasteiger partial charge is 0.481 e. The SMILES string of the molecule is CCCC1(C(=O)O)CCCN(C(=O)NCCC(C)SC)C1. The minimum Gasteiger partial charge on any atom is -0.481 e. The van der Waals surface area contributed by atoms with Crippen molar-refractivity contribution >= 4 is 23.8 Å². The predicted molar refractivity (Wildman–Crippen MR) is 86.8 cm³/mol. The van der Waals surface area contributed by atoms with Gasteiger partial charge in [-0.05, 0) is 31.9 Å². The Labute approximate surface area is 131 Å². The molecule has 0 spiro atoms. The van der Waals surface area contributed by atoms with Crippen molar-refractivity contribution in [1.29, 1.82) is 0 Å². The van der Waals surface area contributed by atoms with Gasteiger partial charge in [0.15, 0.2) is 0 Å². The third-order valence-corrected chi connectivity index (χ3v) is 5.32. The molecule has 2 amide bonds. The number of urea groups is 1. The summed E-state index contributed by atoms with van der Waals surface area (Å²) >= 11 is 1.78. The maximum Gasteiger partial charge on any atom is 0.317 e. The topological polar surface area (TPSA) is 69.6 Å². The Hall–Kier alpha value is -0.910. The van der Waals surface area contributed by atoms with Crippen molar-refractivity contribution < 1.29 is 14.7 Å². The molecule has 0 bridgehead atoms. The monoisotopic (exact) mass is 316 g/mol. The fraction of sp³-hybridized carbons (Fsp3) is 0.867. The normalized spacial score (nSPS) is 23.7. The third kappa shape index (κ3) is 5.09. The van der Waals surface area contributed by atoms with Gasteiger partial charge in [0, 0.05) is 24.9 Å². The highest BCUT2D eigenvalue weighted by Gasteiger charge is 2.42. The second kappa shape index (κ2) is 8.51. The van der Waals surface area contributed by atoms with Crippen LogP contribution in [0.3, 0.4) is 0 Å². The van der Waals surface area contributed by atoms with Crippen molar-refractivity contribution in [1.82, 2.24) is 10.2 Å². The molecule has 0 saturated carbocycles. The van der Waals surface area contributed by atoms with E-state index in [0.29, 0.717) is 37.7 Å². The maximum absolute atomic E-state index is 12.2. The van der Waals surface area contributed by atoms with Crippen LogP contribution < -0.4 is 5.32 Å². The predicted octanol–water partition coefficient (Wildman–Crippen LogP) is 2.80. The summed E-state index contributed by atoms with van der Waals surface area (Å²) in [5.41, 5.74) is -0.753. The zero-order valence-corrected chi connectivity index (χ0v) is 14.2. The number of thioether (sulfide) groups is 1. The number of amides is 2. The number of hydrogen-bond acceptors (Lipinski definition) is 3. The Morgan fingerprint density at radius 1 is 1.48 bits per heavy atom. The molecule has 1 rings (SSSR count). The molecule has 5 nitrogen and oxygen atoms in total. The summed E-state index contributed by atoms with van der Waals surface area (Å²) in [4.78, 5) is 25.5. The molecule has 1 saturated heterocycles. The van der Waals surface area contributed by atoms with Crippen LogP contribution in [0.1, 0.15) is 46.0 Å². The van der Waals surface area contributed by atoms with Crippen LogP contribution in [0.25, 0.3) is 0 Å². The van der Waals surface area contributed by atoms with Crippen molar-refractivity contribution in [2.75, 3.05) is 25.9 Å². The molecular weight excluding hydrogens is 288 g/mol. The number of carboxylic acid groups (broad SMARTS) is 1. The number of piperidine rings is 1. The first-order chi connectivity index (χ1) is 9.95. The van der Waals surface area contributed by atoms with E-state index in [2.05, 4.69) is 18.5 Å². The van der Waals surface area contributed by atoms with Crippen molar-refractivity contribution in [3.05, 3.63) is 0 Å². The van der Waals surface area contributed by atoms with Gasteiger partial charge in [0.25, 0.3) is 0 Å². The minimum atomic E-state index is -0.766. The molecule has 1 heterocycles. The molecular formula is C15H28N2O3S. The number of rotatable bonds is 7. The lowest BCUT2D eigenvalue weighted by molar-refractivity contribution is -0.152. The van der Waals surface area contributed by atoms with Gasteiger partial charge in [-0.3, -0.25) is 4.79 Å². The van der Waals surface area contributed by atoms with E-state index in [9.17, 15) is 14.7 Å². The summed E-state index contributed by atoms with van der Waals surface area (Å²) < 4.78 is 0. The Morgan fingerprint density at radius 2 is 2.19 bits per heavy atom. The average Bonchev–Trinajstić information content (AvgIpc) is 2.47. The van der Waals surface area contributed by atoms with E-state index in [1.807, 2.05) is 6.92 Å². The zero-order chi connectivity index (χ0) is 15.9. The number of carbonyl (C=O) groups is 2. The smallest absolute Gasteiger partial charge is 0.317 e.